The summed E-state index contributed by atoms with van der Waals surface area (Å²) in [5.74, 6) is 0. The second-order valence-corrected chi connectivity index (χ2v) is 3.39. The van der Waals surface area contributed by atoms with E-state index in [2.05, 4.69) is 15.9 Å². The number of rotatable bonds is 0. The van der Waals surface area contributed by atoms with Crippen molar-refractivity contribution in [2.75, 3.05) is 0 Å². The third kappa shape index (κ3) is 2.14. The molecule has 0 atom stereocenters. The molecule has 0 amide bonds. The Hall–Kier alpha value is -0.220. The molecule has 66 valence electrons. The van der Waals surface area contributed by atoms with E-state index in [1.54, 1.807) is 0 Å². The van der Waals surface area contributed by atoms with Gasteiger partial charge in [0.25, 0.3) is 0 Å². The zero-order chi connectivity index (χ0) is 9.35. The van der Waals surface area contributed by atoms with Crippen molar-refractivity contribution in [3.05, 3.63) is 33.3 Å². The molecule has 0 unspecified atom stereocenters. The molecule has 0 saturated heterocycles. The van der Waals surface area contributed by atoms with Crippen LogP contribution >= 0.6 is 27.5 Å². The molecule has 0 saturated carbocycles. The van der Waals surface area contributed by atoms with Gasteiger partial charge in [-0.2, -0.15) is 13.2 Å². The van der Waals surface area contributed by atoms with Crippen molar-refractivity contribution >= 4 is 27.5 Å². The summed E-state index contributed by atoms with van der Waals surface area (Å²) in [5, 5.41) is 0.0600. The van der Waals surface area contributed by atoms with Crippen LogP contribution in [0, 0.1) is 0 Å². The van der Waals surface area contributed by atoms with Gasteiger partial charge in [-0.15, -0.1) is 0 Å². The highest BCUT2D eigenvalue weighted by molar-refractivity contribution is 9.10. The van der Waals surface area contributed by atoms with E-state index in [0.29, 0.717) is 4.47 Å². The molecule has 0 aliphatic rings. The van der Waals surface area contributed by atoms with E-state index in [0.717, 1.165) is 12.1 Å². The highest BCUT2D eigenvalue weighted by Gasteiger charge is 2.30. The summed E-state index contributed by atoms with van der Waals surface area (Å²) < 4.78 is 36.5. The first-order chi connectivity index (χ1) is 5.41. The summed E-state index contributed by atoms with van der Waals surface area (Å²) in [7, 11) is 0. The summed E-state index contributed by atoms with van der Waals surface area (Å²) in [6.45, 7) is 0. The monoisotopic (exact) mass is 258 g/mol. The first kappa shape index (κ1) is 9.86. The van der Waals surface area contributed by atoms with Crippen molar-refractivity contribution < 1.29 is 13.2 Å². The Labute approximate surface area is 80.5 Å². The molecule has 0 spiro atoms. The fraction of sp³-hybridized carbons (Fsp3) is 0.143. The first-order valence-corrected chi connectivity index (χ1v) is 4.10. The van der Waals surface area contributed by atoms with E-state index >= 15 is 0 Å². The zero-order valence-corrected chi connectivity index (χ0v) is 7.96. The fourth-order valence-electron chi connectivity index (χ4n) is 0.672. The first-order valence-electron chi connectivity index (χ1n) is 2.93. The van der Waals surface area contributed by atoms with Crippen molar-refractivity contribution in [1.29, 1.82) is 0 Å². The molecule has 0 aliphatic carbocycles. The molecule has 5 heteroatoms. The van der Waals surface area contributed by atoms with Gasteiger partial charge in [0.1, 0.15) is 0 Å². The molecule has 0 nitrogen and oxygen atoms in total. The predicted molar refractivity (Wildman–Crippen MR) is 44.2 cm³/mol. The molecule has 0 fully saturated rings. The maximum Gasteiger partial charge on any atom is 0.416 e. The quantitative estimate of drug-likeness (QED) is 0.657. The SMILES string of the molecule is FC(F)(F)c1ccc(Br)c(Cl)c1. The van der Waals surface area contributed by atoms with Crippen LogP contribution in [-0.4, -0.2) is 0 Å². The molecule has 1 aromatic carbocycles. The van der Waals surface area contributed by atoms with Gasteiger partial charge in [0.05, 0.1) is 10.6 Å². The van der Waals surface area contributed by atoms with Crippen LogP contribution in [0.5, 0.6) is 0 Å². The van der Waals surface area contributed by atoms with Crippen molar-refractivity contribution in [1.82, 2.24) is 0 Å². The van der Waals surface area contributed by atoms with Gasteiger partial charge in [-0.05, 0) is 34.1 Å². The van der Waals surface area contributed by atoms with Gasteiger partial charge < -0.3 is 0 Å². The second-order valence-electron chi connectivity index (χ2n) is 2.13. The minimum Gasteiger partial charge on any atom is -0.166 e. The average molecular weight is 259 g/mol. The number of alkyl halides is 3. The Morgan fingerprint density at radius 1 is 1.25 bits per heavy atom. The van der Waals surface area contributed by atoms with E-state index in [1.807, 2.05) is 0 Å². The lowest BCUT2D eigenvalue weighted by Crippen LogP contribution is -2.04. The van der Waals surface area contributed by atoms with Crippen LogP contribution in [0.4, 0.5) is 13.2 Å². The smallest absolute Gasteiger partial charge is 0.166 e. The van der Waals surface area contributed by atoms with Gasteiger partial charge in [-0.1, -0.05) is 11.6 Å². The number of benzene rings is 1. The van der Waals surface area contributed by atoms with Crippen LogP contribution in [0.1, 0.15) is 5.56 Å². The Bertz CT molecular complexity index is 295. The fourth-order valence-corrected chi connectivity index (χ4v) is 1.10. The Morgan fingerprint density at radius 2 is 1.83 bits per heavy atom. The van der Waals surface area contributed by atoms with Gasteiger partial charge in [0, 0.05) is 4.47 Å². The van der Waals surface area contributed by atoms with Crippen LogP contribution < -0.4 is 0 Å². The highest BCUT2D eigenvalue weighted by Crippen LogP contribution is 2.33. The number of halogens is 5. The maximum atomic E-state index is 12.0. The molecule has 0 radical (unpaired) electrons. The highest BCUT2D eigenvalue weighted by atomic mass is 79.9. The van der Waals surface area contributed by atoms with Crippen LogP contribution in [0.2, 0.25) is 5.02 Å². The Kier molecular flexibility index (Phi) is 2.68. The van der Waals surface area contributed by atoms with Gasteiger partial charge in [-0.3, -0.25) is 0 Å². The minimum atomic E-state index is -4.33. The van der Waals surface area contributed by atoms with Crippen molar-refractivity contribution in [3.63, 3.8) is 0 Å². The largest absolute Gasteiger partial charge is 0.416 e. The molecule has 0 N–H and O–H groups in total. The Balaban J connectivity index is 3.14. The maximum absolute atomic E-state index is 12.0. The Morgan fingerprint density at radius 3 is 2.25 bits per heavy atom. The van der Waals surface area contributed by atoms with Crippen molar-refractivity contribution in [3.8, 4) is 0 Å². The standard InChI is InChI=1S/C7H3BrClF3/c8-5-2-1-4(3-6(5)9)7(10,11)12/h1-3H. The van der Waals surface area contributed by atoms with E-state index < -0.39 is 11.7 Å². The summed E-state index contributed by atoms with van der Waals surface area (Å²) in [6, 6.07) is 3.12. The van der Waals surface area contributed by atoms with Crippen LogP contribution in [0.3, 0.4) is 0 Å². The summed E-state index contributed by atoms with van der Waals surface area (Å²) >= 11 is 8.47. The lowest BCUT2D eigenvalue weighted by molar-refractivity contribution is -0.137. The molecular formula is C7H3BrClF3. The molecule has 0 aromatic heterocycles. The van der Waals surface area contributed by atoms with E-state index in [1.165, 1.54) is 6.07 Å². The summed E-state index contributed by atoms with van der Waals surface area (Å²) in [4.78, 5) is 0. The molecule has 0 bridgehead atoms. The predicted octanol–water partition coefficient (Wildman–Crippen LogP) is 4.12. The molecule has 1 rings (SSSR count). The summed E-state index contributed by atoms with van der Waals surface area (Å²) in [5.41, 5.74) is -0.740. The van der Waals surface area contributed by atoms with Crippen LogP contribution in [0.25, 0.3) is 0 Å². The molecule has 0 heterocycles. The normalized spacial score (nSPS) is 11.8. The van der Waals surface area contributed by atoms with E-state index in [4.69, 9.17) is 11.6 Å². The summed E-state index contributed by atoms with van der Waals surface area (Å²) in [6.07, 6.45) is -4.33. The lowest BCUT2D eigenvalue weighted by atomic mass is 10.2. The van der Waals surface area contributed by atoms with Crippen molar-refractivity contribution in [2.45, 2.75) is 6.18 Å². The number of hydrogen-bond acceptors (Lipinski definition) is 0. The topological polar surface area (TPSA) is 0 Å². The van der Waals surface area contributed by atoms with Crippen LogP contribution in [0.15, 0.2) is 22.7 Å². The van der Waals surface area contributed by atoms with Gasteiger partial charge in [0.15, 0.2) is 0 Å². The van der Waals surface area contributed by atoms with Gasteiger partial charge in [-0.25, -0.2) is 0 Å². The molecule has 0 aliphatic heterocycles. The van der Waals surface area contributed by atoms with E-state index in [-0.39, 0.29) is 5.02 Å². The second kappa shape index (κ2) is 3.26. The third-order valence-electron chi connectivity index (χ3n) is 1.25. The molecule has 1 aromatic rings. The number of hydrogen-bond donors (Lipinski definition) is 0. The lowest BCUT2D eigenvalue weighted by Gasteiger charge is -2.06. The van der Waals surface area contributed by atoms with Gasteiger partial charge in [0.2, 0.25) is 0 Å². The third-order valence-corrected chi connectivity index (χ3v) is 2.48. The van der Waals surface area contributed by atoms with Gasteiger partial charge >= 0.3 is 6.18 Å². The molecule has 12 heavy (non-hydrogen) atoms. The average Bonchev–Trinajstić information content (AvgIpc) is 1.92. The van der Waals surface area contributed by atoms with Crippen molar-refractivity contribution in [2.24, 2.45) is 0 Å². The van der Waals surface area contributed by atoms with Crippen LogP contribution in [-0.2, 0) is 6.18 Å². The zero-order valence-electron chi connectivity index (χ0n) is 5.62. The minimum absolute atomic E-state index is 0.0600. The van der Waals surface area contributed by atoms with E-state index in [9.17, 15) is 13.2 Å². The molecular weight excluding hydrogens is 256 g/mol.